The van der Waals surface area contributed by atoms with Gasteiger partial charge in [-0.15, -0.1) is 24.0 Å². The smallest absolute Gasteiger partial charge is 0.191 e. The summed E-state index contributed by atoms with van der Waals surface area (Å²) in [5, 5.41) is 7.15. The fraction of sp³-hybridized carbons (Fsp3) is 0.565. The van der Waals surface area contributed by atoms with Crippen molar-refractivity contribution in [2.24, 2.45) is 10.9 Å². The summed E-state index contributed by atoms with van der Waals surface area (Å²) < 4.78 is 10.9. The molecule has 1 atom stereocenters. The van der Waals surface area contributed by atoms with E-state index in [-0.39, 0.29) is 24.0 Å². The zero-order chi connectivity index (χ0) is 20.6. The van der Waals surface area contributed by atoms with Crippen LogP contribution in [0.2, 0.25) is 0 Å². The van der Waals surface area contributed by atoms with Gasteiger partial charge in [0.25, 0.3) is 0 Å². The maximum atomic E-state index is 5.50. The summed E-state index contributed by atoms with van der Waals surface area (Å²) in [5.41, 5.74) is 1.20. The molecule has 0 radical (unpaired) electrons. The lowest BCUT2D eigenvalue weighted by molar-refractivity contribution is 0.187. The molecule has 2 N–H and O–H groups in total. The number of rotatable bonds is 7. The van der Waals surface area contributed by atoms with E-state index in [0.29, 0.717) is 12.0 Å². The van der Waals surface area contributed by atoms with Gasteiger partial charge in [-0.25, -0.2) is 4.98 Å². The van der Waals surface area contributed by atoms with Crippen molar-refractivity contribution in [2.45, 2.75) is 38.6 Å². The van der Waals surface area contributed by atoms with Gasteiger partial charge in [-0.2, -0.15) is 0 Å². The highest BCUT2D eigenvalue weighted by molar-refractivity contribution is 14.0. The number of hydrogen-bond acceptors (Lipinski definition) is 5. The molecule has 0 amide bonds. The number of nitrogens with one attached hydrogen (secondary N) is 2. The summed E-state index contributed by atoms with van der Waals surface area (Å²) in [5.74, 6) is 3.50. The van der Waals surface area contributed by atoms with Crippen molar-refractivity contribution in [3.63, 3.8) is 0 Å². The highest BCUT2D eigenvalue weighted by atomic mass is 127. The molecule has 0 aliphatic carbocycles. The topological polar surface area (TPSA) is 74.9 Å². The second-order valence-electron chi connectivity index (χ2n) is 8.27. The molecule has 0 aromatic carbocycles. The van der Waals surface area contributed by atoms with E-state index < -0.39 is 0 Å². The van der Waals surface area contributed by atoms with Crippen LogP contribution in [0.3, 0.4) is 0 Å². The molecule has 2 fully saturated rings. The normalized spacial score (nSPS) is 19.8. The van der Waals surface area contributed by atoms with Crippen molar-refractivity contribution in [1.29, 1.82) is 0 Å². The molecule has 4 rings (SSSR count). The summed E-state index contributed by atoms with van der Waals surface area (Å²) in [6.07, 6.45) is 7.75. The van der Waals surface area contributed by atoms with Gasteiger partial charge >= 0.3 is 0 Å². The first-order valence-electron chi connectivity index (χ1n) is 11.1. The van der Waals surface area contributed by atoms with Gasteiger partial charge in [0, 0.05) is 57.4 Å². The van der Waals surface area contributed by atoms with Gasteiger partial charge < -0.3 is 24.7 Å². The molecule has 8 heteroatoms. The van der Waals surface area contributed by atoms with Crippen LogP contribution in [0.15, 0.2) is 46.1 Å². The molecule has 2 aromatic heterocycles. The van der Waals surface area contributed by atoms with E-state index in [0.717, 1.165) is 82.6 Å². The highest BCUT2D eigenvalue weighted by Gasteiger charge is 2.21. The maximum absolute atomic E-state index is 5.50. The number of hydrogen-bond donors (Lipinski definition) is 2. The average molecular weight is 539 g/mol. The van der Waals surface area contributed by atoms with Crippen LogP contribution >= 0.6 is 24.0 Å². The minimum atomic E-state index is 0. The standard InChI is InChI=1S/C23H33N5O2.HI/c1-18-4-5-22(25-15-18)28-11-7-20(8-12-28)27-23(26-16-19-9-14-29-17-19)24-10-6-21-3-2-13-30-21;/h2-5,13,15,19-20H,6-12,14,16-17H2,1H3,(H2,24,26,27);1H. The number of piperidine rings is 1. The predicted octanol–water partition coefficient (Wildman–Crippen LogP) is 3.38. The van der Waals surface area contributed by atoms with Gasteiger partial charge in [-0.05, 0) is 49.9 Å². The number of guanidine groups is 1. The molecule has 2 aliphatic rings. The van der Waals surface area contributed by atoms with E-state index in [2.05, 4.69) is 39.6 Å². The number of anilines is 1. The Morgan fingerprint density at radius 1 is 1.23 bits per heavy atom. The molecule has 4 heterocycles. The average Bonchev–Trinajstić information content (AvgIpc) is 3.47. The van der Waals surface area contributed by atoms with Crippen molar-refractivity contribution in [3.05, 3.63) is 48.0 Å². The first kappa shape index (κ1) is 23.8. The minimum absolute atomic E-state index is 0. The predicted molar refractivity (Wildman–Crippen MR) is 134 cm³/mol. The lowest BCUT2D eigenvalue weighted by Crippen LogP contribution is -2.49. The zero-order valence-corrected chi connectivity index (χ0v) is 20.6. The first-order chi connectivity index (χ1) is 14.8. The molecule has 31 heavy (non-hydrogen) atoms. The Hall–Kier alpha value is -1.81. The Bertz CT molecular complexity index is 783. The van der Waals surface area contributed by atoms with E-state index in [1.54, 1.807) is 6.26 Å². The zero-order valence-electron chi connectivity index (χ0n) is 18.3. The number of pyridine rings is 1. The molecular weight excluding hydrogens is 505 g/mol. The summed E-state index contributed by atoms with van der Waals surface area (Å²) in [7, 11) is 0. The summed E-state index contributed by atoms with van der Waals surface area (Å²) >= 11 is 0. The Morgan fingerprint density at radius 3 is 2.77 bits per heavy atom. The molecule has 1 unspecified atom stereocenters. The van der Waals surface area contributed by atoms with E-state index in [9.17, 15) is 0 Å². The van der Waals surface area contributed by atoms with Gasteiger partial charge in [0.1, 0.15) is 11.6 Å². The third-order valence-electron chi connectivity index (χ3n) is 5.83. The van der Waals surface area contributed by atoms with E-state index in [1.807, 2.05) is 18.3 Å². The fourth-order valence-corrected chi connectivity index (χ4v) is 3.95. The van der Waals surface area contributed by atoms with Gasteiger partial charge in [0.15, 0.2) is 5.96 Å². The third kappa shape index (κ3) is 7.38. The van der Waals surface area contributed by atoms with E-state index >= 15 is 0 Å². The molecule has 0 spiro atoms. The number of aliphatic imine (C=N–C) groups is 1. The van der Waals surface area contributed by atoms with Crippen LogP contribution in [-0.4, -0.2) is 56.4 Å². The van der Waals surface area contributed by atoms with E-state index in [4.69, 9.17) is 14.1 Å². The van der Waals surface area contributed by atoms with Crippen LogP contribution in [0, 0.1) is 12.8 Å². The number of halogens is 1. The van der Waals surface area contributed by atoms with Gasteiger partial charge in [-0.3, -0.25) is 4.99 Å². The third-order valence-corrected chi connectivity index (χ3v) is 5.83. The molecule has 0 saturated carbocycles. The van der Waals surface area contributed by atoms with Crippen LogP contribution in [0.5, 0.6) is 0 Å². The van der Waals surface area contributed by atoms with Crippen LogP contribution in [0.25, 0.3) is 0 Å². The lowest BCUT2D eigenvalue weighted by atomic mass is 10.1. The summed E-state index contributed by atoms with van der Waals surface area (Å²) in [6.45, 7) is 7.37. The largest absolute Gasteiger partial charge is 0.469 e. The second kappa shape index (κ2) is 12.3. The van der Waals surface area contributed by atoms with Gasteiger partial charge in [-0.1, -0.05) is 6.07 Å². The molecule has 2 aromatic rings. The van der Waals surface area contributed by atoms with Crippen LogP contribution in [-0.2, 0) is 11.2 Å². The Kier molecular flexibility index (Phi) is 9.45. The fourth-order valence-electron chi connectivity index (χ4n) is 3.95. The van der Waals surface area contributed by atoms with Crippen LogP contribution in [0.1, 0.15) is 30.6 Å². The van der Waals surface area contributed by atoms with Crippen molar-refractivity contribution in [3.8, 4) is 0 Å². The number of aromatic nitrogens is 1. The Labute approximate surface area is 202 Å². The van der Waals surface area contributed by atoms with Gasteiger partial charge in [0.2, 0.25) is 0 Å². The molecule has 170 valence electrons. The van der Waals surface area contributed by atoms with Crippen LogP contribution in [0.4, 0.5) is 5.82 Å². The number of aryl methyl sites for hydroxylation is 1. The summed E-state index contributed by atoms with van der Waals surface area (Å²) in [6, 6.07) is 8.61. The van der Waals surface area contributed by atoms with Crippen molar-refractivity contribution >= 4 is 35.8 Å². The monoisotopic (exact) mass is 539 g/mol. The van der Waals surface area contributed by atoms with Crippen molar-refractivity contribution < 1.29 is 9.15 Å². The maximum Gasteiger partial charge on any atom is 0.191 e. The lowest BCUT2D eigenvalue weighted by Gasteiger charge is -2.34. The quantitative estimate of drug-likeness (QED) is 0.320. The SMILES string of the molecule is Cc1ccc(N2CCC(NC(=NCC3CCOC3)NCCc3ccco3)CC2)nc1.I. The Morgan fingerprint density at radius 2 is 2.10 bits per heavy atom. The second-order valence-corrected chi connectivity index (χ2v) is 8.27. The highest BCUT2D eigenvalue weighted by Crippen LogP contribution is 2.18. The molecular formula is C23H34IN5O2. The number of furan rings is 1. The Balaban J connectivity index is 0.00000272. The number of ether oxygens (including phenoxy) is 1. The number of nitrogens with zero attached hydrogens (tertiary/aromatic N) is 3. The first-order valence-corrected chi connectivity index (χ1v) is 11.1. The molecule has 2 aliphatic heterocycles. The minimum Gasteiger partial charge on any atom is -0.469 e. The summed E-state index contributed by atoms with van der Waals surface area (Å²) in [4.78, 5) is 11.8. The molecule has 2 saturated heterocycles. The van der Waals surface area contributed by atoms with Crippen molar-refractivity contribution in [1.82, 2.24) is 15.6 Å². The van der Waals surface area contributed by atoms with Crippen LogP contribution < -0.4 is 15.5 Å². The van der Waals surface area contributed by atoms with Crippen molar-refractivity contribution in [2.75, 3.05) is 44.3 Å². The molecule has 7 nitrogen and oxygen atoms in total. The van der Waals surface area contributed by atoms with E-state index in [1.165, 1.54) is 5.56 Å². The molecule has 0 bridgehead atoms. The van der Waals surface area contributed by atoms with Gasteiger partial charge in [0.05, 0.1) is 12.9 Å².